The minimum Gasteiger partial charge on any atom is -0.468 e. The molecule has 1 N–H and O–H groups in total. The molecule has 0 spiro atoms. The fraction of sp³-hybridized carbons (Fsp3) is 0.0833. The van der Waals surface area contributed by atoms with E-state index in [-0.39, 0.29) is 27.7 Å². The Balaban J connectivity index is 1.85. The summed E-state index contributed by atoms with van der Waals surface area (Å²) in [4.78, 5) is 7.84. The molecule has 0 aliphatic rings. The van der Waals surface area contributed by atoms with E-state index in [1.54, 1.807) is 6.07 Å². The van der Waals surface area contributed by atoms with E-state index < -0.39 is 10.0 Å². The van der Waals surface area contributed by atoms with E-state index >= 15 is 0 Å². The molecule has 0 amide bonds. The standard InChI is InChI=1S/C12H8Cl2N4O4S2/c13-8-5-15-12(21-6-7-3-4-22-17-7)11(16-8)18-24(19,20)10-2-1-9(14)23-10/h1-5H,6H2,(H,16,18). The minimum atomic E-state index is -3.90. The number of hydrogen-bond donors (Lipinski definition) is 1. The molecule has 0 fully saturated rings. The van der Waals surface area contributed by atoms with Crippen LogP contribution < -0.4 is 9.46 Å². The number of aromatic nitrogens is 3. The Bertz CT molecular complexity index is 944. The maximum absolute atomic E-state index is 12.4. The van der Waals surface area contributed by atoms with Crippen molar-refractivity contribution in [1.82, 2.24) is 15.1 Å². The van der Waals surface area contributed by atoms with E-state index in [9.17, 15) is 8.42 Å². The van der Waals surface area contributed by atoms with Crippen LogP contribution in [0.1, 0.15) is 5.69 Å². The fourth-order valence-electron chi connectivity index (χ4n) is 1.60. The number of halogens is 2. The maximum Gasteiger partial charge on any atom is 0.272 e. The number of rotatable bonds is 6. The SMILES string of the molecule is O=S(=O)(Nc1nc(Cl)cnc1OCc1ccon1)c1ccc(Cl)s1. The number of ether oxygens (including phenoxy) is 1. The smallest absolute Gasteiger partial charge is 0.272 e. The minimum absolute atomic E-state index is 0.00528. The van der Waals surface area contributed by atoms with Crippen LogP contribution in [0.5, 0.6) is 5.88 Å². The number of nitrogens with zero attached hydrogens (tertiary/aromatic N) is 3. The molecule has 0 aliphatic carbocycles. The largest absolute Gasteiger partial charge is 0.468 e. The Morgan fingerprint density at radius 1 is 1.29 bits per heavy atom. The lowest BCUT2D eigenvalue weighted by molar-refractivity contribution is 0.279. The number of hydrogen-bond acceptors (Lipinski definition) is 8. The average Bonchev–Trinajstić information content (AvgIpc) is 3.17. The summed E-state index contributed by atoms with van der Waals surface area (Å²) in [5.41, 5.74) is 0.505. The van der Waals surface area contributed by atoms with Gasteiger partial charge in [-0.2, -0.15) is 0 Å². The molecule has 0 aliphatic heterocycles. The summed E-state index contributed by atoms with van der Waals surface area (Å²) in [7, 11) is -3.90. The van der Waals surface area contributed by atoms with Crippen LogP contribution in [-0.4, -0.2) is 23.5 Å². The van der Waals surface area contributed by atoms with Gasteiger partial charge in [0.15, 0.2) is 0 Å². The summed E-state index contributed by atoms with van der Waals surface area (Å²) in [5.74, 6) is -0.191. The van der Waals surface area contributed by atoms with Crippen LogP contribution >= 0.6 is 34.5 Å². The van der Waals surface area contributed by atoms with Gasteiger partial charge in [-0.15, -0.1) is 11.3 Å². The van der Waals surface area contributed by atoms with Gasteiger partial charge in [0.05, 0.1) is 10.5 Å². The molecular weight excluding hydrogens is 399 g/mol. The highest BCUT2D eigenvalue weighted by Gasteiger charge is 2.21. The summed E-state index contributed by atoms with van der Waals surface area (Å²) >= 11 is 12.5. The van der Waals surface area contributed by atoms with E-state index in [1.807, 2.05) is 0 Å². The lowest BCUT2D eigenvalue weighted by atomic mass is 10.5. The van der Waals surface area contributed by atoms with Crippen LogP contribution in [0, 0.1) is 0 Å². The lowest BCUT2D eigenvalue weighted by Gasteiger charge is -2.10. The average molecular weight is 407 g/mol. The van der Waals surface area contributed by atoms with Crippen molar-refractivity contribution < 1.29 is 17.7 Å². The zero-order chi connectivity index (χ0) is 17.2. The molecular formula is C12H8Cl2N4O4S2. The van der Waals surface area contributed by atoms with Crippen LogP contribution in [-0.2, 0) is 16.6 Å². The molecule has 0 unspecified atom stereocenters. The third kappa shape index (κ3) is 3.96. The van der Waals surface area contributed by atoms with Gasteiger partial charge in [-0.25, -0.2) is 18.4 Å². The fourth-order valence-corrected chi connectivity index (χ4v) is 4.22. The second-order valence-electron chi connectivity index (χ2n) is 4.29. The topological polar surface area (TPSA) is 107 Å². The predicted octanol–water partition coefficient (Wildman–Crippen LogP) is 3.21. The first-order valence-corrected chi connectivity index (χ1v) is 9.32. The Hall–Kier alpha value is -1.88. The Kier molecular flexibility index (Phi) is 4.90. The lowest BCUT2D eigenvalue weighted by Crippen LogP contribution is -2.14. The van der Waals surface area contributed by atoms with Gasteiger partial charge in [-0.3, -0.25) is 4.72 Å². The number of sulfonamides is 1. The molecule has 3 rings (SSSR count). The normalized spacial score (nSPS) is 11.4. The quantitative estimate of drug-likeness (QED) is 0.669. The molecule has 0 atom stereocenters. The Labute approximate surface area is 150 Å². The van der Waals surface area contributed by atoms with Crippen molar-refractivity contribution in [2.45, 2.75) is 10.8 Å². The first-order chi connectivity index (χ1) is 11.4. The van der Waals surface area contributed by atoms with E-state index in [1.165, 1.54) is 24.6 Å². The first-order valence-electron chi connectivity index (χ1n) is 6.27. The van der Waals surface area contributed by atoms with Gasteiger partial charge in [0, 0.05) is 6.07 Å². The van der Waals surface area contributed by atoms with Crippen molar-refractivity contribution >= 4 is 50.4 Å². The van der Waals surface area contributed by atoms with Crippen LogP contribution in [0.2, 0.25) is 9.49 Å². The van der Waals surface area contributed by atoms with Gasteiger partial charge < -0.3 is 9.26 Å². The summed E-state index contributed by atoms with van der Waals surface area (Å²) in [6.07, 6.45) is 2.62. The molecule has 0 saturated carbocycles. The van der Waals surface area contributed by atoms with E-state index in [0.29, 0.717) is 10.0 Å². The summed E-state index contributed by atoms with van der Waals surface area (Å²) < 4.78 is 37.5. The van der Waals surface area contributed by atoms with Gasteiger partial charge in [0.25, 0.3) is 15.9 Å². The molecule has 0 aromatic carbocycles. The monoisotopic (exact) mass is 406 g/mol. The second-order valence-corrected chi connectivity index (χ2v) is 8.30. The highest BCUT2D eigenvalue weighted by molar-refractivity contribution is 7.94. The van der Waals surface area contributed by atoms with Crippen molar-refractivity contribution in [3.63, 3.8) is 0 Å². The van der Waals surface area contributed by atoms with Gasteiger partial charge >= 0.3 is 0 Å². The zero-order valence-electron chi connectivity index (χ0n) is 11.6. The molecule has 24 heavy (non-hydrogen) atoms. The van der Waals surface area contributed by atoms with Gasteiger partial charge in [-0.1, -0.05) is 28.4 Å². The number of anilines is 1. The van der Waals surface area contributed by atoms with Crippen molar-refractivity contribution in [2.24, 2.45) is 0 Å². The highest BCUT2D eigenvalue weighted by Crippen LogP contribution is 2.29. The van der Waals surface area contributed by atoms with Gasteiger partial charge in [-0.05, 0) is 12.1 Å². The van der Waals surface area contributed by atoms with Crippen molar-refractivity contribution in [3.8, 4) is 5.88 Å². The van der Waals surface area contributed by atoms with Crippen LogP contribution in [0.3, 0.4) is 0 Å². The molecule has 3 aromatic rings. The van der Waals surface area contributed by atoms with E-state index in [0.717, 1.165) is 11.3 Å². The Morgan fingerprint density at radius 2 is 2.12 bits per heavy atom. The summed E-state index contributed by atoms with van der Waals surface area (Å²) in [6, 6.07) is 4.45. The highest BCUT2D eigenvalue weighted by atomic mass is 35.5. The van der Waals surface area contributed by atoms with Crippen molar-refractivity contribution in [2.75, 3.05) is 4.72 Å². The van der Waals surface area contributed by atoms with Crippen molar-refractivity contribution in [1.29, 1.82) is 0 Å². The molecule has 0 bridgehead atoms. The first kappa shape index (κ1) is 17.0. The summed E-state index contributed by atoms with van der Waals surface area (Å²) in [6.45, 7) is 0.0202. The molecule has 126 valence electrons. The number of thiophene rings is 1. The van der Waals surface area contributed by atoms with Gasteiger partial charge in [0.1, 0.15) is 27.9 Å². The van der Waals surface area contributed by atoms with E-state index in [2.05, 4.69) is 24.4 Å². The number of nitrogens with one attached hydrogen (secondary N) is 1. The third-order valence-electron chi connectivity index (χ3n) is 2.60. The third-order valence-corrected chi connectivity index (χ3v) is 5.85. The molecule has 3 heterocycles. The molecule has 12 heteroatoms. The van der Waals surface area contributed by atoms with Gasteiger partial charge in [0.2, 0.25) is 5.82 Å². The molecule has 8 nitrogen and oxygen atoms in total. The predicted molar refractivity (Wildman–Crippen MR) is 88.0 cm³/mol. The van der Waals surface area contributed by atoms with Crippen LogP contribution in [0.15, 0.2) is 39.4 Å². The van der Waals surface area contributed by atoms with Crippen LogP contribution in [0.25, 0.3) is 0 Å². The van der Waals surface area contributed by atoms with Crippen molar-refractivity contribution in [3.05, 3.63) is 45.8 Å². The Morgan fingerprint density at radius 3 is 2.79 bits per heavy atom. The maximum atomic E-state index is 12.4. The second kappa shape index (κ2) is 6.93. The van der Waals surface area contributed by atoms with E-state index in [4.69, 9.17) is 27.9 Å². The molecule has 3 aromatic heterocycles. The summed E-state index contributed by atoms with van der Waals surface area (Å²) in [5, 5.41) is 3.68. The molecule has 0 radical (unpaired) electrons. The van der Waals surface area contributed by atoms with Crippen LogP contribution in [0.4, 0.5) is 5.82 Å². The zero-order valence-corrected chi connectivity index (χ0v) is 14.8. The molecule has 0 saturated heterocycles.